The Balaban J connectivity index is 3.93. The minimum Gasteiger partial charge on any atom is -0.480 e. The number of unbranched alkanes of at least 4 members (excludes halogenated alkanes) is 19. The number of carboxylic acid groups (broad SMARTS) is 1. The van der Waals surface area contributed by atoms with Gasteiger partial charge in [-0.3, -0.25) is 14.4 Å². The number of rotatable bonds is 39. The number of carbonyl (C=O) groups excluding carboxylic acids is 3. The quantitative estimate of drug-likeness (QED) is 0.0277. The molecule has 2 amide bonds. The van der Waals surface area contributed by atoms with Gasteiger partial charge in [-0.1, -0.05) is 147 Å². The van der Waals surface area contributed by atoms with Crippen LogP contribution >= 0.6 is 0 Å². The Kier molecular flexibility index (Phi) is 37.6. The maximum absolute atomic E-state index is 12.6. The van der Waals surface area contributed by atoms with Gasteiger partial charge in [0.05, 0.1) is 13.2 Å². The molecule has 2 atom stereocenters. The molecule has 0 saturated carbocycles. The fraction of sp³-hybridized carbons (Fsp3) is 0.778. The molecule has 0 aromatic carbocycles. The highest BCUT2D eigenvalue weighted by molar-refractivity contribution is 5.87. The summed E-state index contributed by atoms with van der Waals surface area (Å²) in [6.45, 7) is 3.40. The highest BCUT2D eigenvalue weighted by Gasteiger charge is 2.19. The molecule has 9 heteroatoms. The van der Waals surface area contributed by atoms with Crippen LogP contribution in [0.15, 0.2) is 36.5 Å². The molecule has 0 heterocycles. The van der Waals surface area contributed by atoms with Crippen molar-refractivity contribution in [3.63, 3.8) is 0 Å². The van der Waals surface area contributed by atoms with Gasteiger partial charge in [0.25, 0.3) is 0 Å². The van der Waals surface area contributed by atoms with Gasteiger partial charge in [0, 0.05) is 12.8 Å². The number of esters is 1. The van der Waals surface area contributed by atoms with Gasteiger partial charge in [-0.15, -0.1) is 0 Å². The Hall–Kier alpha value is -2.94. The van der Waals surface area contributed by atoms with E-state index in [1.165, 1.54) is 96.3 Å². The maximum Gasteiger partial charge on any atom is 0.328 e. The second kappa shape index (κ2) is 39.7. The summed E-state index contributed by atoms with van der Waals surface area (Å²) >= 11 is 0. The van der Waals surface area contributed by atoms with Crippen LogP contribution in [0.25, 0.3) is 0 Å². The van der Waals surface area contributed by atoms with Gasteiger partial charge in [-0.2, -0.15) is 0 Å². The molecule has 0 aliphatic heterocycles. The van der Waals surface area contributed by atoms with Gasteiger partial charge < -0.3 is 25.6 Å². The molecular formula is C45H80N2O7. The fourth-order valence-electron chi connectivity index (χ4n) is 6.25. The highest BCUT2D eigenvalue weighted by atomic mass is 16.5. The van der Waals surface area contributed by atoms with Crippen LogP contribution in [0, 0.1) is 0 Å². The van der Waals surface area contributed by atoms with Crippen LogP contribution < -0.4 is 10.6 Å². The average Bonchev–Trinajstić information content (AvgIpc) is 3.16. The topological polar surface area (TPSA) is 142 Å². The minimum absolute atomic E-state index is 0.0435. The van der Waals surface area contributed by atoms with Gasteiger partial charge >= 0.3 is 11.9 Å². The summed E-state index contributed by atoms with van der Waals surface area (Å²) in [5, 5.41) is 22.5. The van der Waals surface area contributed by atoms with E-state index in [1.54, 1.807) is 0 Å². The van der Waals surface area contributed by atoms with Gasteiger partial charge in [0.15, 0.2) is 0 Å². The normalized spacial score (nSPS) is 12.8. The molecule has 2 unspecified atom stereocenters. The molecule has 4 N–H and O–H groups in total. The first-order chi connectivity index (χ1) is 26.3. The Morgan fingerprint density at radius 3 is 1.52 bits per heavy atom. The lowest BCUT2D eigenvalue weighted by molar-refractivity contribution is -0.150. The standard InChI is InChI=1S/C45H80N2O7/c1-3-5-7-9-10-11-12-13-14-15-16-17-18-19-20-21-22-23-24-25-26-27-33-37-44(51)54-40(34-30-8-6-4-2)35-31-28-29-32-36-42(49)46-38-43(50)47-41(39-48)45(52)53/h12-13,15-16,18-19,40-41,48H,3-11,14,17,20-39H2,1-2H3,(H,46,49)(H,47,50)(H,52,53)/b13-12-,16-15-,19-18-. The van der Waals surface area contributed by atoms with Crippen molar-refractivity contribution >= 4 is 23.8 Å². The summed E-state index contributed by atoms with van der Waals surface area (Å²) in [6.07, 6.45) is 44.9. The number of amides is 2. The lowest BCUT2D eigenvalue weighted by atomic mass is 10.0. The SMILES string of the molecule is CCCCCCC/C=C\C/C=C\C/C=C\CCCCCCCCCCC(=O)OC(CCCCCC)CCCCCCC(=O)NCC(=O)NC(CO)C(=O)O. The molecule has 0 aromatic heterocycles. The number of carboxylic acids is 1. The van der Waals surface area contributed by atoms with E-state index >= 15 is 0 Å². The lowest BCUT2D eigenvalue weighted by Gasteiger charge is -2.18. The van der Waals surface area contributed by atoms with Crippen LogP contribution in [-0.4, -0.2) is 59.3 Å². The summed E-state index contributed by atoms with van der Waals surface area (Å²) in [4.78, 5) is 47.3. The summed E-state index contributed by atoms with van der Waals surface area (Å²) in [7, 11) is 0. The molecule has 0 aliphatic rings. The fourth-order valence-corrected chi connectivity index (χ4v) is 6.25. The van der Waals surface area contributed by atoms with Crippen molar-refractivity contribution in [3.8, 4) is 0 Å². The Morgan fingerprint density at radius 1 is 0.556 bits per heavy atom. The van der Waals surface area contributed by atoms with Crippen molar-refractivity contribution in [1.82, 2.24) is 10.6 Å². The van der Waals surface area contributed by atoms with E-state index in [4.69, 9.17) is 14.9 Å². The molecule has 0 fully saturated rings. The molecule has 0 bridgehead atoms. The molecule has 0 spiro atoms. The molecule has 0 radical (unpaired) electrons. The second-order valence-corrected chi connectivity index (χ2v) is 14.8. The third-order valence-electron chi connectivity index (χ3n) is 9.64. The number of aliphatic hydroxyl groups is 1. The van der Waals surface area contributed by atoms with E-state index in [0.717, 1.165) is 70.6 Å². The first-order valence-electron chi connectivity index (χ1n) is 21.9. The summed E-state index contributed by atoms with van der Waals surface area (Å²) in [5.41, 5.74) is 0. The molecule has 0 rings (SSSR count). The summed E-state index contributed by atoms with van der Waals surface area (Å²) in [6, 6.07) is -1.39. The van der Waals surface area contributed by atoms with Crippen LogP contribution in [-0.2, 0) is 23.9 Å². The first kappa shape index (κ1) is 51.1. The zero-order valence-corrected chi connectivity index (χ0v) is 34.5. The summed E-state index contributed by atoms with van der Waals surface area (Å²) < 4.78 is 5.92. The maximum atomic E-state index is 12.6. The van der Waals surface area contributed by atoms with E-state index in [0.29, 0.717) is 12.8 Å². The van der Waals surface area contributed by atoms with E-state index in [-0.39, 0.29) is 30.9 Å². The highest BCUT2D eigenvalue weighted by Crippen LogP contribution is 2.18. The zero-order chi connectivity index (χ0) is 39.7. The van der Waals surface area contributed by atoms with Gasteiger partial charge in [0.2, 0.25) is 11.8 Å². The Labute approximate surface area is 329 Å². The number of hydrogen-bond acceptors (Lipinski definition) is 6. The van der Waals surface area contributed by atoms with Crippen molar-refractivity contribution in [1.29, 1.82) is 0 Å². The zero-order valence-electron chi connectivity index (χ0n) is 34.5. The summed E-state index contributed by atoms with van der Waals surface area (Å²) in [5.74, 6) is -2.35. The number of allylic oxidation sites excluding steroid dienone is 6. The molecule has 9 nitrogen and oxygen atoms in total. The third-order valence-corrected chi connectivity index (χ3v) is 9.64. The van der Waals surface area contributed by atoms with Crippen molar-refractivity contribution in [2.75, 3.05) is 13.2 Å². The molecule has 0 aromatic rings. The van der Waals surface area contributed by atoms with Crippen LogP contribution in [0.5, 0.6) is 0 Å². The van der Waals surface area contributed by atoms with Crippen molar-refractivity contribution in [2.24, 2.45) is 0 Å². The van der Waals surface area contributed by atoms with Crippen LogP contribution in [0.3, 0.4) is 0 Å². The predicted molar refractivity (Wildman–Crippen MR) is 222 cm³/mol. The monoisotopic (exact) mass is 761 g/mol. The number of ether oxygens (including phenoxy) is 1. The molecule has 0 saturated heterocycles. The van der Waals surface area contributed by atoms with E-state index < -0.39 is 24.5 Å². The molecule has 0 aliphatic carbocycles. The van der Waals surface area contributed by atoms with Gasteiger partial charge in [-0.05, 0) is 77.0 Å². The van der Waals surface area contributed by atoms with Crippen molar-refractivity contribution in [2.45, 2.75) is 212 Å². The number of aliphatic carboxylic acids is 1. The van der Waals surface area contributed by atoms with E-state index in [9.17, 15) is 19.2 Å². The van der Waals surface area contributed by atoms with Gasteiger partial charge in [0.1, 0.15) is 12.1 Å². The number of carbonyl (C=O) groups is 4. The number of aliphatic hydroxyl groups excluding tert-OH is 1. The second-order valence-electron chi connectivity index (χ2n) is 14.8. The Bertz CT molecular complexity index is 1010. The number of nitrogens with one attached hydrogen (secondary N) is 2. The van der Waals surface area contributed by atoms with E-state index in [2.05, 4.69) is 60.9 Å². The Morgan fingerprint density at radius 2 is 1.00 bits per heavy atom. The molecule has 54 heavy (non-hydrogen) atoms. The van der Waals surface area contributed by atoms with E-state index in [1.807, 2.05) is 0 Å². The smallest absolute Gasteiger partial charge is 0.328 e. The first-order valence-corrected chi connectivity index (χ1v) is 21.9. The van der Waals surface area contributed by atoms with Crippen LogP contribution in [0.2, 0.25) is 0 Å². The lowest BCUT2D eigenvalue weighted by Crippen LogP contribution is -2.47. The van der Waals surface area contributed by atoms with Crippen molar-refractivity contribution in [3.05, 3.63) is 36.5 Å². The van der Waals surface area contributed by atoms with Crippen LogP contribution in [0.4, 0.5) is 0 Å². The van der Waals surface area contributed by atoms with Crippen molar-refractivity contribution < 1.29 is 34.1 Å². The third kappa shape index (κ3) is 36.1. The minimum atomic E-state index is -1.39. The number of hydrogen-bond donors (Lipinski definition) is 4. The largest absolute Gasteiger partial charge is 0.480 e. The average molecular weight is 761 g/mol. The molecule has 312 valence electrons. The van der Waals surface area contributed by atoms with Gasteiger partial charge in [-0.25, -0.2) is 4.79 Å². The molecular weight excluding hydrogens is 681 g/mol. The van der Waals surface area contributed by atoms with Crippen LogP contribution in [0.1, 0.15) is 200 Å². The predicted octanol–water partition coefficient (Wildman–Crippen LogP) is 10.6.